The summed E-state index contributed by atoms with van der Waals surface area (Å²) in [6.45, 7) is 14.7. The van der Waals surface area contributed by atoms with Crippen LogP contribution in [0.3, 0.4) is 0 Å². The molecule has 0 N–H and O–H groups in total. The Morgan fingerprint density at radius 1 is 1.07 bits per heavy atom. The number of hydrogen-bond donors (Lipinski definition) is 0. The standard InChI is InChI=1S/C34H45FNO5PSi/c1-8-39-42(38,40-9-2)23-28(41-43(6,7)34(3,4)5)22-27(37)20-21-30-32(24-16-18-26(35)19-17-24)29-12-10-11-13-31(29)36-33(30)25-14-15-25/h10-13,16-21,25,28H,8-9,14-15,22-23H2,1-7H3/t28-/m1/s1. The first-order valence-electron chi connectivity index (χ1n) is 15.2. The summed E-state index contributed by atoms with van der Waals surface area (Å²) in [4.78, 5) is 18.6. The molecule has 0 unspecified atom stereocenters. The van der Waals surface area contributed by atoms with Crippen molar-refractivity contribution in [2.45, 2.75) is 84.0 Å². The monoisotopic (exact) mass is 625 g/mol. The highest BCUT2D eigenvalue weighted by atomic mass is 31.2. The summed E-state index contributed by atoms with van der Waals surface area (Å²) < 4.78 is 45.2. The van der Waals surface area contributed by atoms with Crippen LogP contribution in [0, 0.1) is 5.82 Å². The number of fused-ring (bicyclic) bond motifs is 1. The topological polar surface area (TPSA) is 74.7 Å². The number of halogens is 1. The minimum Gasteiger partial charge on any atom is -0.413 e. The fourth-order valence-electron chi connectivity index (χ4n) is 5.00. The van der Waals surface area contributed by atoms with Crippen LogP contribution in [0.25, 0.3) is 28.1 Å². The van der Waals surface area contributed by atoms with E-state index < -0.39 is 22.0 Å². The van der Waals surface area contributed by atoms with Crippen LogP contribution in [-0.2, 0) is 22.8 Å². The van der Waals surface area contributed by atoms with Gasteiger partial charge in [0.05, 0.1) is 36.7 Å². The Hall–Kier alpha value is -2.48. The molecule has 0 radical (unpaired) electrons. The third kappa shape index (κ3) is 8.37. The van der Waals surface area contributed by atoms with E-state index in [0.29, 0.717) is 5.92 Å². The second kappa shape index (κ2) is 13.7. The van der Waals surface area contributed by atoms with Crippen LogP contribution >= 0.6 is 7.60 Å². The first-order valence-corrected chi connectivity index (χ1v) is 19.9. The zero-order valence-electron chi connectivity index (χ0n) is 26.5. The molecule has 1 fully saturated rings. The van der Waals surface area contributed by atoms with Gasteiger partial charge >= 0.3 is 7.60 Å². The molecule has 43 heavy (non-hydrogen) atoms. The quantitative estimate of drug-likeness (QED) is 0.101. The van der Waals surface area contributed by atoms with Crippen molar-refractivity contribution in [2.24, 2.45) is 0 Å². The Balaban J connectivity index is 1.72. The van der Waals surface area contributed by atoms with E-state index in [0.717, 1.165) is 46.1 Å². The number of carbonyl (C=O) groups excluding carboxylic acids is 1. The summed E-state index contributed by atoms with van der Waals surface area (Å²) >= 11 is 0. The van der Waals surface area contributed by atoms with Crippen molar-refractivity contribution >= 4 is 38.7 Å². The fourth-order valence-corrected chi connectivity index (χ4v) is 8.27. The summed E-state index contributed by atoms with van der Waals surface area (Å²) in [5, 5.41) is 0.838. The van der Waals surface area contributed by atoms with E-state index in [2.05, 4.69) is 33.9 Å². The lowest BCUT2D eigenvalue weighted by atomic mass is 9.92. The van der Waals surface area contributed by atoms with Crippen molar-refractivity contribution in [3.8, 4) is 11.1 Å². The van der Waals surface area contributed by atoms with E-state index in [-0.39, 0.29) is 42.4 Å². The average molecular weight is 626 g/mol. The average Bonchev–Trinajstić information content (AvgIpc) is 3.76. The minimum absolute atomic E-state index is 0.00640. The fraction of sp³-hybridized carbons (Fsp3) is 0.471. The Labute approximate surface area is 256 Å². The summed E-state index contributed by atoms with van der Waals surface area (Å²) in [7, 11) is -5.78. The van der Waals surface area contributed by atoms with Gasteiger partial charge in [0.2, 0.25) is 0 Å². The van der Waals surface area contributed by atoms with E-state index >= 15 is 0 Å². The molecule has 9 heteroatoms. The molecule has 1 aromatic heterocycles. The Kier molecular flexibility index (Phi) is 10.6. The molecular formula is C34H45FNO5PSi. The van der Waals surface area contributed by atoms with Crippen molar-refractivity contribution in [1.29, 1.82) is 0 Å². The summed E-state index contributed by atoms with van der Waals surface area (Å²) in [5.74, 6) is -0.138. The number of rotatable bonds is 14. The van der Waals surface area contributed by atoms with Gasteiger partial charge < -0.3 is 13.5 Å². The van der Waals surface area contributed by atoms with Gasteiger partial charge in [-0.15, -0.1) is 0 Å². The van der Waals surface area contributed by atoms with Crippen molar-refractivity contribution < 1.29 is 27.2 Å². The Bertz CT molecular complexity index is 1500. The summed E-state index contributed by atoms with van der Waals surface area (Å²) in [5.41, 5.74) is 4.49. The highest BCUT2D eigenvalue weighted by Gasteiger charge is 2.41. The van der Waals surface area contributed by atoms with Crippen LogP contribution in [0.1, 0.15) is 71.1 Å². The maximum Gasteiger partial charge on any atom is 0.333 e. The van der Waals surface area contributed by atoms with Gasteiger partial charge in [0, 0.05) is 28.9 Å². The zero-order chi connectivity index (χ0) is 31.4. The molecule has 0 bridgehead atoms. The van der Waals surface area contributed by atoms with Gasteiger partial charge in [-0.25, -0.2) is 4.39 Å². The largest absolute Gasteiger partial charge is 0.413 e. The number of ketones is 1. The van der Waals surface area contributed by atoms with Gasteiger partial charge in [0.15, 0.2) is 14.1 Å². The molecule has 0 amide bonds. The van der Waals surface area contributed by atoms with E-state index in [1.807, 2.05) is 30.3 Å². The van der Waals surface area contributed by atoms with E-state index in [4.69, 9.17) is 18.5 Å². The van der Waals surface area contributed by atoms with Gasteiger partial charge in [0.1, 0.15) is 5.82 Å². The normalized spacial score (nSPS) is 15.3. The number of hydrogen-bond acceptors (Lipinski definition) is 6. The van der Waals surface area contributed by atoms with Gasteiger partial charge in [-0.1, -0.05) is 51.1 Å². The van der Waals surface area contributed by atoms with Crippen LogP contribution in [0.5, 0.6) is 0 Å². The first kappa shape index (κ1) is 33.4. The van der Waals surface area contributed by atoms with Gasteiger partial charge in [-0.05, 0) is 80.7 Å². The smallest absolute Gasteiger partial charge is 0.333 e. The number of allylic oxidation sites excluding steroid dienone is 1. The van der Waals surface area contributed by atoms with E-state index in [1.165, 1.54) is 12.1 Å². The predicted molar refractivity (Wildman–Crippen MR) is 176 cm³/mol. The molecule has 3 aromatic rings. The van der Waals surface area contributed by atoms with Crippen molar-refractivity contribution in [3.05, 3.63) is 71.7 Å². The van der Waals surface area contributed by atoms with Crippen molar-refractivity contribution in [3.63, 3.8) is 0 Å². The minimum atomic E-state index is -3.46. The predicted octanol–water partition coefficient (Wildman–Crippen LogP) is 9.55. The number of benzene rings is 2. The molecule has 2 aromatic carbocycles. The lowest BCUT2D eigenvalue weighted by molar-refractivity contribution is -0.115. The number of pyridine rings is 1. The van der Waals surface area contributed by atoms with E-state index in [9.17, 15) is 13.8 Å². The lowest BCUT2D eigenvalue weighted by Gasteiger charge is -2.39. The van der Waals surface area contributed by atoms with Gasteiger partial charge in [-0.3, -0.25) is 14.3 Å². The van der Waals surface area contributed by atoms with Crippen LogP contribution in [0.15, 0.2) is 54.6 Å². The molecule has 1 atom stereocenters. The number of aromatic nitrogens is 1. The highest BCUT2D eigenvalue weighted by molar-refractivity contribution is 7.53. The molecule has 1 aliphatic rings. The first-order chi connectivity index (χ1) is 20.3. The third-order valence-corrected chi connectivity index (χ3v) is 15.0. The lowest BCUT2D eigenvalue weighted by Crippen LogP contribution is -2.45. The number of carbonyl (C=O) groups is 1. The van der Waals surface area contributed by atoms with Crippen LogP contribution < -0.4 is 0 Å². The van der Waals surface area contributed by atoms with Crippen molar-refractivity contribution in [1.82, 2.24) is 4.98 Å². The van der Waals surface area contributed by atoms with Gasteiger partial charge in [-0.2, -0.15) is 0 Å². The molecule has 0 saturated heterocycles. The van der Waals surface area contributed by atoms with Gasteiger partial charge in [0.25, 0.3) is 0 Å². The summed E-state index contributed by atoms with van der Waals surface area (Å²) in [6, 6.07) is 14.4. The Morgan fingerprint density at radius 3 is 2.28 bits per heavy atom. The molecular weight excluding hydrogens is 580 g/mol. The second-order valence-corrected chi connectivity index (χ2v) is 19.6. The molecule has 1 heterocycles. The molecule has 0 aliphatic heterocycles. The second-order valence-electron chi connectivity index (χ2n) is 12.7. The number of para-hydroxylation sites is 1. The van der Waals surface area contributed by atoms with Crippen LogP contribution in [0.2, 0.25) is 18.1 Å². The maximum absolute atomic E-state index is 13.9. The third-order valence-electron chi connectivity index (χ3n) is 8.27. The maximum atomic E-state index is 13.9. The SMILES string of the molecule is CCOP(=O)(C[C@@H](CC(=O)C=Cc1c(C2CC2)nc2ccccc2c1-c1ccc(F)cc1)O[Si](C)(C)C(C)(C)C)OCC. The highest BCUT2D eigenvalue weighted by Crippen LogP contribution is 2.50. The van der Waals surface area contributed by atoms with E-state index in [1.54, 1.807) is 32.1 Å². The van der Waals surface area contributed by atoms with Crippen molar-refractivity contribution in [2.75, 3.05) is 19.4 Å². The molecule has 6 nitrogen and oxygen atoms in total. The Morgan fingerprint density at radius 2 is 1.70 bits per heavy atom. The zero-order valence-corrected chi connectivity index (χ0v) is 28.4. The molecule has 1 aliphatic carbocycles. The molecule has 232 valence electrons. The molecule has 4 rings (SSSR count). The number of nitrogens with zero attached hydrogens (tertiary/aromatic N) is 1. The van der Waals surface area contributed by atoms with Crippen LogP contribution in [-0.4, -0.2) is 44.6 Å². The molecule has 0 spiro atoms. The summed E-state index contributed by atoms with van der Waals surface area (Å²) in [6.07, 6.45) is 4.92. The molecule has 1 saturated carbocycles. The van der Waals surface area contributed by atoms with Crippen LogP contribution in [0.4, 0.5) is 4.39 Å².